The quantitative estimate of drug-likeness (QED) is 0.142. The van der Waals surface area contributed by atoms with Gasteiger partial charge in [0.05, 0.1) is 37.4 Å². The first-order chi connectivity index (χ1) is 22.0. The predicted octanol–water partition coefficient (Wildman–Crippen LogP) is 2.50. The first kappa shape index (κ1) is 36.1. The maximum absolute atomic E-state index is 12.7. The number of piperidine rings is 1. The number of ether oxygens (including phenoxy) is 4. The summed E-state index contributed by atoms with van der Waals surface area (Å²) in [6, 6.07) is -0.133. The van der Waals surface area contributed by atoms with E-state index in [-0.39, 0.29) is 54.6 Å². The van der Waals surface area contributed by atoms with Gasteiger partial charge in [0.2, 0.25) is 11.8 Å². The predicted molar refractivity (Wildman–Crippen MR) is 173 cm³/mol. The number of nitrogens with zero attached hydrogens (tertiary/aromatic N) is 1. The van der Waals surface area contributed by atoms with Crippen LogP contribution in [0.4, 0.5) is 4.79 Å². The van der Waals surface area contributed by atoms with Crippen molar-refractivity contribution in [3.8, 4) is 0 Å². The summed E-state index contributed by atoms with van der Waals surface area (Å²) < 4.78 is 23.5. The molecule has 0 aromatic heterocycles. The van der Waals surface area contributed by atoms with Crippen molar-refractivity contribution in [2.75, 3.05) is 32.8 Å². The van der Waals surface area contributed by atoms with Crippen LogP contribution in [0.1, 0.15) is 72.6 Å². The van der Waals surface area contributed by atoms with Gasteiger partial charge in [-0.1, -0.05) is 30.7 Å². The summed E-state index contributed by atoms with van der Waals surface area (Å²) in [5, 5.41) is 16.7. The van der Waals surface area contributed by atoms with E-state index in [1.165, 1.54) is 6.08 Å². The SMILES string of the molecule is CC(C=C[C@H]1O[C@H](CC(=O)NCCN)C[C@@]2(CO2)[C@@H]1O)=CC[C@@H]1O[C@H](C)[C@H](NC(=O)C=CC(C)OC(=O)N2CCCCC2)C[C@@H]1C. The van der Waals surface area contributed by atoms with Gasteiger partial charge in [-0.05, 0) is 64.9 Å². The molecule has 4 aliphatic rings. The molecule has 0 aromatic rings. The number of hydrogen-bond donors (Lipinski definition) is 4. The van der Waals surface area contributed by atoms with Gasteiger partial charge in [0.1, 0.15) is 23.9 Å². The van der Waals surface area contributed by atoms with E-state index in [0.717, 1.165) is 44.3 Å². The standard InChI is InChI=1S/C34H54N4O8/c1-22(9-12-29-32(41)34(21-43-34)20-26(46-29)19-31(40)36-15-14-35)8-11-28-23(2)18-27(25(4)45-28)37-30(39)13-10-24(3)44-33(42)38-16-6-5-7-17-38/h8-10,12-13,23-29,32,41H,5-7,11,14-21,35H2,1-4H3,(H,36,40)(H,37,39)/t23-,24?,25+,26+,27+,28-,29+,32+,34+/m0/s1. The Hall–Kier alpha value is -2.77. The van der Waals surface area contributed by atoms with Crippen LogP contribution in [0.15, 0.2) is 36.0 Å². The second-order valence-electron chi connectivity index (χ2n) is 13.3. The molecule has 1 spiro atoms. The molecule has 46 heavy (non-hydrogen) atoms. The van der Waals surface area contributed by atoms with Gasteiger partial charge in [0, 0.05) is 38.7 Å². The van der Waals surface area contributed by atoms with Crippen LogP contribution in [-0.2, 0) is 28.5 Å². The van der Waals surface area contributed by atoms with Crippen LogP contribution >= 0.6 is 0 Å². The Morgan fingerprint density at radius 3 is 2.59 bits per heavy atom. The summed E-state index contributed by atoms with van der Waals surface area (Å²) in [4.78, 5) is 38.9. The van der Waals surface area contributed by atoms with E-state index in [9.17, 15) is 19.5 Å². The molecule has 12 heteroatoms. The minimum atomic E-state index is -0.803. The lowest BCUT2D eigenvalue weighted by molar-refractivity contribution is -0.145. The zero-order valence-electron chi connectivity index (χ0n) is 27.8. The molecule has 4 aliphatic heterocycles. The first-order valence-corrected chi connectivity index (χ1v) is 16.9. The summed E-state index contributed by atoms with van der Waals surface area (Å²) in [5.41, 5.74) is 5.83. The number of carbonyl (C=O) groups excluding carboxylic acids is 3. The lowest BCUT2D eigenvalue weighted by atomic mass is 9.87. The summed E-state index contributed by atoms with van der Waals surface area (Å²) in [6.07, 6.45) is 11.4. The van der Waals surface area contributed by atoms with Crippen molar-refractivity contribution in [1.29, 1.82) is 0 Å². The molecule has 4 fully saturated rings. The smallest absolute Gasteiger partial charge is 0.410 e. The number of likely N-dealkylation sites (tertiary alicyclic amines) is 1. The summed E-state index contributed by atoms with van der Waals surface area (Å²) in [5.74, 6) is -0.155. The Morgan fingerprint density at radius 2 is 1.89 bits per heavy atom. The van der Waals surface area contributed by atoms with Crippen molar-refractivity contribution >= 4 is 17.9 Å². The summed E-state index contributed by atoms with van der Waals surface area (Å²) >= 11 is 0. The largest absolute Gasteiger partial charge is 0.442 e. The highest BCUT2D eigenvalue weighted by Crippen LogP contribution is 2.43. The highest BCUT2D eigenvalue weighted by Gasteiger charge is 2.58. The molecule has 0 radical (unpaired) electrons. The van der Waals surface area contributed by atoms with Crippen molar-refractivity contribution in [2.24, 2.45) is 11.7 Å². The van der Waals surface area contributed by atoms with Gasteiger partial charge in [-0.15, -0.1) is 0 Å². The molecule has 4 heterocycles. The Labute approximate surface area is 273 Å². The topological polar surface area (TPSA) is 165 Å². The maximum Gasteiger partial charge on any atom is 0.410 e. The van der Waals surface area contributed by atoms with Crippen LogP contribution in [0.25, 0.3) is 0 Å². The molecular weight excluding hydrogens is 592 g/mol. The Balaban J connectivity index is 1.21. The number of allylic oxidation sites excluding steroid dienone is 2. The number of amides is 3. The van der Waals surface area contributed by atoms with E-state index < -0.39 is 23.9 Å². The molecule has 4 saturated heterocycles. The molecule has 3 amide bonds. The van der Waals surface area contributed by atoms with E-state index in [2.05, 4.69) is 23.6 Å². The van der Waals surface area contributed by atoms with Gasteiger partial charge in [-0.25, -0.2) is 4.79 Å². The average molecular weight is 647 g/mol. The number of epoxide rings is 1. The van der Waals surface area contributed by atoms with E-state index in [0.29, 0.717) is 32.5 Å². The van der Waals surface area contributed by atoms with Crippen LogP contribution in [0.3, 0.4) is 0 Å². The zero-order chi connectivity index (χ0) is 33.3. The molecule has 1 unspecified atom stereocenters. The Morgan fingerprint density at radius 1 is 1.15 bits per heavy atom. The Bertz CT molecular complexity index is 1130. The average Bonchev–Trinajstić information content (AvgIpc) is 3.81. The molecule has 5 N–H and O–H groups in total. The minimum Gasteiger partial charge on any atom is -0.442 e. The van der Waals surface area contributed by atoms with Crippen molar-refractivity contribution in [3.05, 3.63) is 36.0 Å². The monoisotopic (exact) mass is 646 g/mol. The normalized spacial score (nSPS) is 34.1. The van der Waals surface area contributed by atoms with Crippen LogP contribution in [0.5, 0.6) is 0 Å². The Kier molecular flexibility index (Phi) is 13.2. The van der Waals surface area contributed by atoms with Gasteiger partial charge in [0.15, 0.2) is 0 Å². The number of nitrogens with two attached hydrogens (primary N) is 1. The van der Waals surface area contributed by atoms with Crippen LogP contribution in [-0.4, -0.2) is 109 Å². The number of hydrogen-bond acceptors (Lipinski definition) is 9. The third kappa shape index (κ3) is 10.4. The molecular formula is C34H54N4O8. The number of rotatable bonds is 12. The van der Waals surface area contributed by atoms with E-state index in [1.807, 2.05) is 26.0 Å². The third-order valence-electron chi connectivity index (χ3n) is 9.35. The van der Waals surface area contributed by atoms with Gasteiger partial charge in [-0.3, -0.25) is 9.59 Å². The van der Waals surface area contributed by atoms with Crippen molar-refractivity contribution in [3.63, 3.8) is 0 Å². The molecule has 0 saturated carbocycles. The van der Waals surface area contributed by atoms with Gasteiger partial charge in [0.25, 0.3) is 0 Å². The van der Waals surface area contributed by atoms with Crippen molar-refractivity contribution in [1.82, 2.24) is 15.5 Å². The van der Waals surface area contributed by atoms with Gasteiger partial charge < -0.3 is 45.3 Å². The molecule has 9 atom stereocenters. The minimum absolute atomic E-state index is 0.00710. The van der Waals surface area contributed by atoms with Crippen LogP contribution in [0, 0.1) is 5.92 Å². The highest BCUT2D eigenvalue weighted by molar-refractivity contribution is 5.87. The molecule has 0 aliphatic carbocycles. The maximum atomic E-state index is 12.7. The number of carbonyl (C=O) groups is 3. The first-order valence-electron chi connectivity index (χ1n) is 16.9. The number of nitrogens with one attached hydrogen (secondary N) is 2. The lowest BCUT2D eigenvalue weighted by Gasteiger charge is -2.39. The second-order valence-corrected chi connectivity index (χ2v) is 13.3. The molecule has 258 valence electrons. The summed E-state index contributed by atoms with van der Waals surface area (Å²) in [6.45, 7) is 10.5. The van der Waals surface area contributed by atoms with Gasteiger partial charge >= 0.3 is 6.09 Å². The fraction of sp³-hybridized carbons (Fsp3) is 0.735. The fourth-order valence-electron chi connectivity index (χ4n) is 6.43. The van der Waals surface area contributed by atoms with Crippen molar-refractivity contribution in [2.45, 2.75) is 121 Å². The van der Waals surface area contributed by atoms with E-state index in [1.54, 1.807) is 17.9 Å². The molecule has 0 aromatic carbocycles. The van der Waals surface area contributed by atoms with Crippen LogP contribution in [0.2, 0.25) is 0 Å². The lowest BCUT2D eigenvalue weighted by Crippen LogP contribution is -2.51. The fourth-order valence-corrected chi connectivity index (χ4v) is 6.43. The number of aliphatic hydroxyl groups is 1. The third-order valence-corrected chi connectivity index (χ3v) is 9.35. The summed E-state index contributed by atoms with van der Waals surface area (Å²) in [7, 11) is 0. The number of aliphatic hydroxyl groups excluding tert-OH is 1. The van der Waals surface area contributed by atoms with Gasteiger partial charge in [-0.2, -0.15) is 0 Å². The molecule has 0 bridgehead atoms. The molecule has 12 nitrogen and oxygen atoms in total. The second kappa shape index (κ2) is 16.9. The van der Waals surface area contributed by atoms with E-state index >= 15 is 0 Å². The molecule has 4 rings (SSSR count). The highest BCUT2D eigenvalue weighted by atomic mass is 16.6. The van der Waals surface area contributed by atoms with E-state index in [4.69, 9.17) is 24.7 Å². The van der Waals surface area contributed by atoms with Crippen molar-refractivity contribution < 1.29 is 38.4 Å². The van der Waals surface area contributed by atoms with Crippen LogP contribution < -0.4 is 16.4 Å². The zero-order valence-corrected chi connectivity index (χ0v) is 27.8.